The SMILES string of the molecule is ClCCCCN1CCCOc2ccccc21. The van der Waals surface area contributed by atoms with Gasteiger partial charge in [0.1, 0.15) is 5.75 Å². The van der Waals surface area contributed by atoms with Crippen molar-refractivity contribution in [2.75, 3.05) is 30.5 Å². The minimum absolute atomic E-state index is 0.756. The van der Waals surface area contributed by atoms with Crippen LogP contribution in [0.4, 0.5) is 5.69 Å². The maximum Gasteiger partial charge on any atom is 0.142 e. The van der Waals surface area contributed by atoms with Gasteiger partial charge in [0.05, 0.1) is 12.3 Å². The van der Waals surface area contributed by atoms with Gasteiger partial charge in [-0.25, -0.2) is 0 Å². The van der Waals surface area contributed by atoms with Crippen LogP contribution in [0, 0.1) is 0 Å². The van der Waals surface area contributed by atoms with Gasteiger partial charge in [-0.1, -0.05) is 12.1 Å². The quantitative estimate of drug-likeness (QED) is 0.591. The Hall–Kier alpha value is -0.890. The molecule has 0 saturated heterocycles. The highest BCUT2D eigenvalue weighted by molar-refractivity contribution is 6.17. The fourth-order valence-electron chi connectivity index (χ4n) is 2.03. The molecule has 1 aliphatic heterocycles. The number of fused-ring (bicyclic) bond motifs is 1. The van der Waals surface area contributed by atoms with Crippen molar-refractivity contribution < 1.29 is 4.74 Å². The van der Waals surface area contributed by atoms with Gasteiger partial charge in [0, 0.05) is 19.0 Å². The fourth-order valence-corrected chi connectivity index (χ4v) is 2.22. The summed E-state index contributed by atoms with van der Waals surface area (Å²) in [5.74, 6) is 1.78. The predicted octanol–water partition coefficient (Wildman–Crippen LogP) is 3.29. The average molecular weight is 240 g/mol. The number of benzene rings is 1. The Labute approximate surface area is 102 Å². The first-order valence-electron chi connectivity index (χ1n) is 5.94. The number of rotatable bonds is 4. The number of hydrogen-bond donors (Lipinski definition) is 0. The van der Waals surface area contributed by atoms with Crippen molar-refractivity contribution in [2.24, 2.45) is 0 Å². The molecule has 2 nitrogen and oxygen atoms in total. The summed E-state index contributed by atoms with van der Waals surface area (Å²) in [7, 11) is 0. The first-order valence-corrected chi connectivity index (χ1v) is 6.48. The van der Waals surface area contributed by atoms with E-state index in [1.807, 2.05) is 6.07 Å². The van der Waals surface area contributed by atoms with Gasteiger partial charge in [0.15, 0.2) is 0 Å². The van der Waals surface area contributed by atoms with Crippen LogP contribution in [0.1, 0.15) is 19.3 Å². The van der Waals surface area contributed by atoms with Crippen LogP contribution in [0.2, 0.25) is 0 Å². The van der Waals surface area contributed by atoms with Gasteiger partial charge < -0.3 is 9.64 Å². The molecule has 0 fully saturated rings. The highest BCUT2D eigenvalue weighted by Crippen LogP contribution is 2.30. The summed E-state index contributed by atoms with van der Waals surface area (Å²) in [4.78, 5) is 2.41. The molecule has 88 valence electrons. The molecule has 0 radical (unpaired) electrons. The molecule has 0 spiro atoms. The monoisotopic (exact) mass is 239 g/mol. The predicted molar refractivity (Wildman–Crippen MR) is 68.7 cm³/mol. The van der Waals surface area contributed by atoms with Crippen LogP contribution >= 0.6 is 11.6 Å². The molecule has 2 rings (SSSR count). The Kier molecular flexibility index (Phi) is 4.34. The topological polar surface area (TPSA) is 12.5 Å². The number of halogens is 1. The van der Waals surface area contributed by atoms with Crippen LogP contribution < -0.4 is 9.64 Å². The number of nitrogens with zero attached hydrogens (tertiary/aromatic N) is 1. The molecule has 1 aliphatic rings. The lowest BCUT2D eigenvalue weighted by atomic mass is 10.2. The molecule has 0 aliphatic carbocycles. The number of ether oxygens (including phenoxy) is 1. The maximum absolute atomic E-state index is 5.72. The van der Waals surface area contributed by atoms with Crippen LogP contribution in [0.5, 0.6) is 5.75 Å². The standard InChI is InChI=1S/C13H18ClNO/c14-8-3-4-9-15-10-5-11-16-13-7-2-1-6-12(13)15/h1-2,6-7H,3-5,8-11H2. The molecule has 0 unspecified atom stereocenters. The van der Waals surface area contributed by atoms with Gasteiger partial charge in [-0.3, -0.25) is 0 Å². The van der Waals surface area contributed by atoms with E-state index in [1.54, 1.807) is 0 Å². The minimum atomic E-state index is 0.756. The Morgan fingerprint density at radius 1 is 1.25 bits per heavy atom. The van der Waals surface area contributed by atoms with E-state index in [2.05, 4.69) is 23.1 Å². The lowest BCUT2D eigenvalue weighted by Crippen LogP contribution is -2.25. The molecule has 0 atom stereocenters. The van der Waals surface area contributed by atoms with Crippen molar-refractivity contribution in [2.45, 2.75) is 19.3 Å². The molecule has 0 amide bonds. The van der Waals surface area contributed by atoms with Gasteiger partial charge in [-0.05, 0) is 31.4 Å². The summed E-state index contributed by atoms with van der Waals surface area (Å²) in [6.45, 7) is 2.98. The van der Waals surface area contributed by atoms with E-state index in [0.29, 0.717) is 0 Å². The Bertz CT molecular complexity index is 329. The second-order valence-corrected chi connectivity index (χ2v) is 4.43. The van der Waals surface area contributed by atoms with Crippen molar-refractivity contribution in [3.05, 3.63) is 24.3 Å². The largest absolute Gasteiger partial charge is 0.491 e. The number of unbranched alkanes of at least 4 members (excludes halogenated alkanes) is 1. The highest BCUT2D eigenvalue weighted by atomic mass is 35.5. The summed E-state index contributed by atoms with van der Waals surface area (Å²) in [6.07, 6.45) is 3.33. The van der Waals surface area contributed by atoms with Gasteiger partial charge >= 0.3 is 0 Å². The van der Waals surface area contributed by atoms with Crippen molar-refractivity contribution in [3.63, 3.8) is 0 Å². The van der Waals surface area contributed by atoms with E-state index in [4.69, 9.17) is 16.3 Å². The van der Waals surface area contributed by atoms with E-state index in [0.717, 1.165) is 50.6 Å². The molecule has 0 aromatic heterocycles. The van der Waals surface area contributed by atoms with Crippen molar-refractivity contribution in [3.8, 4) is 5.75 Å². The van der Waals surface area contributed by atoms with E-state index in [9.17, 15) is 0 Å². The number of hydrogen-bond acceptors (Lipinski definition) is 2. The molecule has 0 saturated carbocycles. The number of para-hydroxylation sites is 2. The smallest absolute Gasteiger partial charge is 0.142 e. The zero-order valence-corrected chi connectivity index (χ0v) is 10.2. The van der Waals surface area contributed by atoms with Gasteiger partial charge in [0.25, 0.3) is 0 Å². The normalized spacial score (nSPS) is 15.2. The third kappa shape index (κ3) is 2.82. The summed E-state index contributed by atoms with van der Waals surface area (Å²) >= 11 is 5.71. The zero-order valence-electron chi connectivity index (χ0n) is 9.49. The average Bonchev–Trinajstić information content (AvgIpc) is 2.52. The maximum atomic E-state index is 5.72. The van der Waals surface area contributed by atoms with E-state index < -0.39 is 0 Å². The second kappa shape index (κ2) is 6.00. The van der Waals surface area contributed by atoms with Crippen LogP contribution in [-0.4, -0.2) is 25.6 Å². The second-order valence-electron chi connectivity index (χ2n) is 4.05. The summed E-state index contributed by atoms with van der Waals surface area (Å²) in [5.41, 5.74) is 1.23. The number of alkyl halides is 1. The minimum Gasteiger partial charge on any atom is -0.491 e. The third-order valence-electron chi connectivity index (χ3n) is 2.85. The molecule has 0 bridgehead atoms. The summed E-state index contributed by atoms with van der Waals surface area (Å²) in [5, 5.41) is 0. The lowest BCUT2D eigenvalue weighted by molar-refractivity contribution is 0.322. The Balaban J connectivity index is 2.06. The molecule has 1 aromatic rings. The first-order chi connectivity index (χ1) is 7.92. The fraction of sp³-hybridized carbons (Fsp3) is 0.538. The van der Waals surface area contributed by atoms with Gasteiger partial charge in [-0.2, -0.15) is 0 Å². The van der Waals surface area contributed by atoms with Gasteiger partial charge in [0.2, 0.25) is 0 Å². The van der Waals surface area contributed by atoms with Gasteiger partial charge in [-0.15, -0.1) is 11.6 Å². The first kappa shape index (κ1) is 11.6. The molecular formula is C13H18ClNO. The van der Waals surface area contributed by atoms with Crippen LogP contribution in [0.25, 0.3) is 0 Å². The molecule has 0 N–H and O–H groups in total. The lowest BCUT2D eigenvalue weighted by Gasteiger charge is -2.23. The Morgan fingerprint density at radius 3 is 3.00 bits per heavy atom. The summed E-state index contributed by atoms with van der Waals surface area (Å²) < 4.78 is 5.72. The van der Waals surface area contributed by atoms with Crippen LogP contribution in [0.3, 0.4) is 0 Å². The van der Waals surface area contributed by atoms with Crippen molar-refractivity contribution in [1.82, 2.24) is 0 Å². The van der Waals surface area contributed by atoms with E-state index in [1.165, 1.54) is 5.69 Å². The molecule has 1 heterocycles. The molecule has 3 heteroatoms. The number of anilines is 1. The zero-order chi connectivity index (χ0) is 11.2. The van der Waals surface area contributed by atoms with Crippen molar-refractivity contribution in [1.29, 1.82) is 0 Å². The Morgan fingerprint density at radius 2 is 2.12 bits per heavy atom. The molecule has 16 heavy (non-hydrogen) atoms. The van der Waals surface area contributed by atoms with E-state index in [-0.39, 0.29) is 0 Å². The highest BCUT2D eigenvalue weighted by Gasteiger charge is 2.14. The third-order valence-corrected chi connectivity index (χ3v) is 3.11. The van der Waals surface area contributed by atoms with Crippen molar-refractivity contribution >= 4 is 17.3 Å². The molecule has 1 aromatic carbocycles. The van der Waals surface area contributed by atoms with E-state index >= 15 is 0 Å². The van der Waals surface area contributed by atoms with Crippen LogP contribution in [-0.2, 0) is 0 Å². The summed E-state index contributed by atoms with van der Waals surface area (Å²) in [6, 6.07) is 8.29. The van der Waals surface area contributed by atoms with Crippen LogP contribution in [0.15, 0.2) is 24.3 Å². The molecular weight excluding hydrogens is 222 g/mol.